The SMILES string of the molecule is CC(C)SC1CCCNCC1. The summed E-state index contributed by atoms with van der Waals surface area (Å²) in [5.74, 6) is 0. The van der Waals surface area contributed by atoms with E-state index in [1.165, 1.54) is 32.4 Å². The summed E-state index contributed by atoms with van der Waals surface area (Å²) in [6.07, 6.45) is 4.14. The van der Waals surface area contributed by atoms with Crippen LogP contribution in [-0.4, -0.2) is 23.6 Å². The highest BCUT2D eigenvalue weighted by Crippen LogP contribution is 2.24. The lowest BCUT2D eigenvalue weighted by Gasteiger charge is -2.15. The molecule has 0 spiro atoms. The Hall–Kier alpha value is 0.310. The summed E-state index contributed by atoms with van der Waals surface area (Å²) in [7, 11) is 0. The lowest BCUT2D eigenvalue weighted by Crippen LogP contribution is -2.14. The summed E-state index contributed by atoms with van der Waals surface area (Å²) in [4.78, 5) is 0. The van der Waals surface area contributed by atoms with E-state index in [0.29, 0.717) is 0 Å². The van der Waals surface area contributed by atoms with Gasteiger partial charge >= 0.3 is 0 Å². The zero-order valence-electron chi connectivity index (χ0n) is 7.60. The van der Waals surface area contributed by atoms with E-state index in [2.05, 4.69) is 30.9 Å². The monoisotopic (exact) mass is 173 g/mol. The molecule has 1 heterocycles. The van der Waals surface area contributed by atoms with Gasteiger partial charge in [0.1, 0.15) is 0 Å². The largest absolute Gasteiger partial charge is 0.317 e. The number of rotatable bonds is 2. The molecule has 1 saturated heterocycles. The van der Waals surface area contributed by atoms with Gasteiger partial charge in [0.25, 0.3) is 0 Å². The van der Waals surface area contributed by atoms with Crippen LogP contribution in [0.25, 0.3) is 0 Å². The molecule has 66 valence electrons. The summed E-state index contributed by atoms with van der Waals surface area (Å²) in [6.45, 7) is 7.05. The van der Waals surface area contributed by atoms with Gasteiger partial charge in [-0.3, -0.25) is 0 Å². The van der Waals surface area contributed by atoms with Crippen molar-refractivity contribution < 1.29 is 0 Å². The first-order chi connectivity index (χ1) is 5.29. The van der Waals surface area contributed by atoms with E-state index < -0.39 is 0 Å². The number of hydrogen-bond acceptors (Lipinski definition) is 2. The maximum atomic E-state index is 3.44. The van der Waals surface area contributed by atoms with Gasteiger partial charge in [-0.05, 0) is 37.6 Å². The molecule has 2 heteroatoms. The van der Waals surface area contributed by atoms with Crippen LogP contribution in [0.4, 0.5) is 0 Å². The van der Waals surface area contributed by atoms with Crippen molar-refractivity contribution in [2.75, 3.05) is 13.1 Å². The average molecular weight is 173 g/mol. The van der Waals surface area contributed by atoms with Crippen molar-refractivity contribution in [3.05, 3.63) is 0 Å². The molecule has 0 bridgehead atoms. The zero-order chi connectivity index (χ0) is 8.10. The quantitative estimate of drug-likeness (QED) is 0.687. The Morgan fingerprint density at radius 2 is 2.09 bits per heavy atom. The summed E-state index contributed by atoms with van der Waals surface area (Å²) < 4.78 is 0. The van der Waals surface area contributed by atoms with Crippen LogP contribution < -0.4 is 5.32 Å². The van der Waals surface area contributed by atoms with Crippen LogP contribution in [0.15, 0.2) is 0 Å². The van der Waals surface area contributed by atoms with E-state index in [1.807, 2.05) is 0 Å². The molecule has 1 N–H and O–H groups in total. The van der Waals surface area contributed by atoms with Gasteiger partial charge in [-0.1, -0.05) is 13.8 Å². The topological polar surface area (TPSA) is 12.0 Å². The lowest BCUT2D eigenvalue weighted by molar-refractivity contribution is 0.703. The number of nitrogens with one attached hydrogen (secondary N) is 1. The normalized spacial score (nSPS) is 27.0. The van der Waals surface area contributed by atoms with E-state index in [1.54, 1.807) is 0 Å². The fourth-order valence-corrected chi connectivity index (χ4v) is 2.83. The molecule has 1 fully saturated rings. The molecule has 0 aliphatic carbocycles. The highest BCUT2D eigenvalue weighted by Gasteiger charge is 2.12. The minimum absolute atomic E-state index is 0.804. The molecule has 0 aromatic carbocycles. The molecular weight excluding hydrogens is 154 g/mol. The van der Waals surface area contributed by atoms with Gasteiger partial charge in [-0.25, -0.2) is 0 Å². The Morgan fingerprint density at radius 1 is 1.27 bits per heavy atom. The van der Waals surface area contributed by atoms with E-state index >= 15 is 0 Å². The molecule has 1 unspecified atom stereocenters. The van der Waals surface area contributed by atoms with E-state index in [0.717, 1.165) is 10.5 Å². The molecule has 1 nitrogen and oxygen atoms in total. The molecule has 0 amide bonds. The minimum atomic E-state index is 0.804. The molecule has 1 rings (SSSR count). The Morgan fingerprint density at radius 3 is 2.82 bits per heavy atom. The molecule has 0 aromatic heterocycles. The standard InChI is InChI=1S/C9H19NS/c1-8(2)11-9-4-3-6-10-7-5-9/h8-10H,3-7H2,1-2H3. The molecule has 1 aliphatic heterocycles. The second kappa shape index (κ2) is 5.04. The zero-order valence-corrected chi connectivity index (χ0v) is 8.41. The first-order valence-electron chi connectivity index (χ1n) is 4.65. The van der Waals surface area contributed by atoms with Crippen LogP contribution in [-0.2, 0) is 0 Å². The molecule has 1 atom stereocenters. The van der Waals surface area contributed by atoms with Crippen LogP contribution in [0.5, 0.6) is 0 Å². The van der Waals surface area contributed by atoms with E-state index in [9.17, 15) is 0 Å². The predicted molar refractivity (Wildman–Crippen MR) is 53.2 cm³/mol. The fraction of sp³-hybridized carbons (Fsp3) is 1.00. The molecule has 0 radical (unpaired) electrons. The lowest BCUT2D eigenvalue weighted by atomic mass is 10.2. The Kier molecular flexibility index (Phi) is 4.31. The smallest absolute Gasteiger partial charge is 0.00621 e. The third-order valence-electron chi connectivity index (χ3n) is 1.99. The second-order valence-corrected chi connectivity index (χ2v) is 5.37. The van der Waals surface area contributed by atoms with Crippen LogP contribution in [0.3, 0.4) is 0 Å². The summed E-state index contributed by atoms with van der Waals surface area (Å²) in [6, 6.07) is 0. The number of thioether (sulfide) groups is 1. The van der Waals surface area contributed by atoms with Gasteiger partial charge in [0.2, 0.25) is 0 Å². The van der Waals surface area contributed by atoms with Crippen molar-refractivity contribution in [3.63, 3.8) is 0 Å². The van der Waals surface area contributed by atoms with Crippen molar-refractivity contribution in [2.45, 2.75) is 43.6 Å². The third-order valence-corrected chi connectivity index (χ3v) is 3.39. The van der Waals surface area contributed by atoms with Crippen molar-refractivity contribution in [1.29, 1.82) is 0 Å². The molecule has 0 saturated carbocycles. The van der Waals surface area contributed by atoms with E-state index in [4.69, 9.17) is 0 Å². The van der Waals surface area contributed by atoms with E-state index in [-0.39, 0.29) is 0 Å². The first kappa shape index (κ1) is 9.40. The highest BCUT2D eigenvalue weighted by molar-refractivity contribution is 8.00. The Labute approximate surface area is 74.3 Å². The van der Waals surface area contributed by atoms with Crippen molar-refractivity contribution in [1.82, 2.24) is 5.32 Å². The van der Waals surface area contributed by atoms with Crippen LogP contribution in [0.1, 0.15) is 33.1 Å². The van der Waals surface area contributed by atoms with Gasteiger partial charge in [-0.15, -0.1) is 0 Å². The predicted octanol–water partition coefficient (Wildman–Crippen LogP) is 2.27. The van der Waals surface area contributed by atoms with Gasteiger partial charge in [-0.2, -0.15) is 11.8 Å². The molecule has 1 aliphatic rings. The van der Waals surface area contributed by atoms with Gasteiger partial charge in [0.05, 0.1) is 0 Å². The molecular formula is C9H19NS. The summed E-state index contributed by atoms with van der Waals surface area (Å²) in [5, 5.41) is 5.16. The summed E-state index contributed by atoms with van der Waals surface area (Å²) in [5.41, 5.74) is 0. The van der Waals surface area contributed by atoms with Gasteiger partial charge < -0.3 is 5.32 Å². The van der Waals surface area contributed by atoms with Crippen LogP contribution in [0, 0.1) is 0 Å². The Balaban J connectivity index is 2.20. The highest BCUT2D eigenvalue weighted by atomic mass is 32.2. The Bertz CT molecular complexity index is 95.7. The maximum absolute atomic E-state index is 3.44. The second-order valence-electron chi connectivity index (χ2n) is 3.49. The van der Waals surface area contributed by atoms with Crippen LogP contribution in [0.2, 0.25) is 0 Å². The molecule has 0 aromatic rings. The van der Waals surface area contributed by atoms with Crippen molar-refractivity contribution in [2.24, 2.45) is 0 Å². The fourth-order valence-electron chi connectivity index (χ4n) is 1.51. The summed E-state index contributed by atoms with van der Waals surface area (Å²) >= 11 is 2.15. The third kappa shape index (κ3) is 4.02. The van der Waals surface area contributed by atoms with Crippen LogP contribution >= 0.6 is 11.8 Å². The number of hydrogen-bond donors (Lipinski definition) is 1. The minimum Gasteiger partial charge on any atom is -0.317 e. The van der Waals surface area contributed by atoms with Crippen molar-refractivity contribution in [3.8, 4) is 0 Å². The van der Waals surface area contributed by atoms with Crippen molar-refractivity contribution >= 4 is 11.8 Å². The molecule has 11 heavy (non-hydrogen) atoms. The average Bonchev–Trinajstić information content (AvgIpc) is 2.14. The van der Waals surface area contributed by atoms with Gasteiger partial charge in [0, 0.05) is 5.25 Å². The van der Waals surface area contributed by atoms with Gasteiger partial charge in [0.15, 0.2) is 0 Å². The first-order valence-corrected chi connectivity index (χ1v) is 5.59. The maximum Gasteiger partial charge on any atom is 0.00621 e.